The molecule has 0 spiro atoms. The number of carbonyl (C=O) groups excluding carboxylic acids is 4. The maximum Gasteiger partial charge on any atom is 0.272 e. The van der Waals surface area contributed by atoms with Crippen molar-refractivity contribution in [1.82, 2.24) is 5.32 Å². The van der Waals surface area contributed by atoms with E-state index in [4.69, 9.17) is 4.74 Å². The highest BCUT2D eigenvalue weighted by atomic mass is 32.2. The lowest BCUT2D eigenvalue weighted by molar-refractivity contribution is -0.121. The van der Waals surface area contributed by atoms with E-state index in [0.717, 1.165) is 10.6 Å². The van der Waals surface area contributed by atoms with E-state index in [1.165, 1.54) is 16.7 Å². The average molecular weight is 696 g/mol. The zero-order valence-corrected chi connectivity index (χ0v) is 28.4. The molecule has 1 aliphatic rings. The normalized spacial score (nSPS) is 14.5. The summed E-state index contributed by atoms with van der Waals surface area (Å²) in [5.74, 6) is -0.846. The number of hydrogen-bond acceptors (Lipinski definition) is 8. The van der Waals surface area contributed by atoms with Crippen LogP contribution in [0.15, 0.2) is 154 Å². The lowest BCUT2D eigenvalue weighted by atomic mass is 10.1. The van der Waals surface area contributed by atoms with E-state index >= 15 is 0 Å². The number of ether oxygens (including phenoxy) is 1. The fourth-order valence-corrected chi connectivity index (χ4v) is 6.22. The molecule has 0 aliphatic carbocycles. The summed E-state index contributed by atoms with van der Waals surface area (Å²) in [5, 5.41) is 13.4. The number of nitrogens with one attached hydrogen (secondary N) is 2. The summed E-state index contributed by atoms with van der Waals surface area (Å²) in [4.78, 5) is 54.7. The molecule has 1 fully saturated rings. The largest absolute Gasteiger partial charge is 0.494 e. The maximum atomic E-state index is 13.5. The Morgan fingerprint density at radius 3 is 2.08 bits per heavy atom. The molecular weight excluding hydrogens is 663 g/mol. The van der Waals surface area contributed by atoms with Gasteiger partial charge in [-0.3, -0.25) is 19.2 Å². The molecule has 51 heavy (non-hydrogen) atoms. The minimum atomic E-state index is -0.604. The molecule has 254 valence electrons. The Bertz CT molecular complexity index is 2070. The Kier molecular flexibility index (Phi) is 11.1. The Morgan fingerprint density at radius 2 is 1.43 bits per heavy atom. The molecule has 11 heteroatoms. The number of benzene rings is 5. The van der Waals surface area contributed by atoms with Crippen LogP contribution >= 0.6 is 11.8 Å². The van der Waals surface area contributed by atoms with Crippen LogP contribution in [0.5, 0.6) is 5.75 Å². The number of imide groups is 1. The van der Waals surface area contributed by atoms with Crippen molar-refractivity contribution >= 4 is 64.2 Å². The molecule has 1 heterocycles. The molecule has 0 saturated carbocycles. The number of anilines is 2. The van der Waals surface area contributed by atoms with Gasteiger partial charge in [0.2, 0.25) is 11.8 Å². The maximum absolute atomic E-state index is 13.5. The van der Waals surface area contributed by atoms with Crippen molar-refractivity contribution in [3.8, 4) is 5.75 Å². The van der Waals surface area contributed by atoms with Gasteiger partial charge < -0.3 is 15.4 Å². The highest BCUT2D eigenvalue weighted by Gasteiger charge is 2.40. The molecule has 0 aromatic heterocycles. The number of hydrogen-bond donors (Lipinski definition) is 2. The van der Waals surface area contributed by atoms with Gasteiger partial charge in [-0.2, -0.15) is 10.2 Å². The van der Waals surface area contributed by atoms with Gasteiger partial charge in [0.1, 0.15) is 11.4 Å². The topological polar surface area (TPSA) is 130 Å². The van der Waals surface area contributed by atoms with Gasteiger partial charge >= 0.3 is 0 Å². The van der Waals surface area contributed by atoms with Crippen LogP contribution in [0.3, 0.4) is 0 Å². The number of rotatable bonds is 12. The average Bonchev–Trinajstić information content (AvgIpc) is 3.44. The second-order valence-electron chi connectivity index (χ2n) is 11.3. The van der Waals surface area contributed by atoms with Gasteiger partial charge in [-0.15, -0.1) is 11.8 Å². The van der Waals surface area contributed by atoms with Crippen molar-refractivity contribution in [2.75, 3.05) is 16.8 Å². The number of azo groups is 1. The van der Waals surface area contributed by atoms with Crippen LogP contribution in [0.2, 0.25) is 0 Å². The molecule has 1 aliphatic heterocycles. The first kappa shape index (κ1) is 34.5. The van der Waals surface area contributed by atoms with Gasteiger partial charge in [-0.25, -0.2) is 4.90 Å². The van der Waals surface area contributed by atoms with Gasteiger partial charge in [0, 0.05) is 22.6 Å². The molecule has 0 radical (unpaired) electrons. The van der Waals surface area contributed by atoms with Crippen molar-refractivity contribution in [1.29, 1.82) is 0 Å². The first-order chi connectivity index (χ1) is 24.9. The zero-order valence-electron chi connectivity index (χ0n) is 27.6. The van der Waals surface area contributed by atoms with E-state index in [1.54, 1.807) is 109 Å². The highest BCUT2D eigenvalue weighted by molar-refractivity contribution is 8.00. The number of carbonyl (C=O) groups is 4. The summed E-state index contributed by atoms with van der Waals surface area (Å²) in [7, 11) is 0. The molecule has 2 N–H and O–H groups in total. The number of amides is 4. The molecule has 5 aromatic rings. The quantitative estimate of drug-likeness (QED) is 0.0767. The first-order valence-corrected chi connectivity index (χ1v) is 17.1. The first-order valence-electron chi connectivity index (χ1n) is 16.2. The predicted octanol–water partition coefficient (Wildman–Crippen LogP) is 8.33. The summed E-state index contributed by atoms with van der Waals surface area (Å²) in [6.07, 6.45) is 1.64. The highest BCUT2D eigenvalue weighted by Crippen LogP contribution is 2.35. The van der Waals surface area contributed by atoms with E-state index in [1.807, 2.05) is 37.3 Å². The molecule has 5 aromatic carbocycles. The van der Waals surface area contributed by atoms with Crippen molar-refractivity contribution in [3.63, 3.8) is 0 Å². The smallest absolute Gasteiger partial charge is 0.272 e. The predicted molar refractivity (Wildman–Crippen MR) is 198 cm³/mol. The minimum Gasteiger partial charge on any atom is -0.494 e. The molecule has 0 bridgehead atoms. The van der Waals surface area contributed by atoms with Crippen molar-refractivity contribution < 1.29 is 23.9 Å². The Hall–Kier alpha value is -6.33. The molecule has 4 amide bonds. The number of thioether (sulfide) groups is 1. The third kappa shape index (κ3) is 9.02. The fourth-order valence-electron chi connectivity index (χ4n) is 5.16. The zero-order chi connectivity index (χ0) is 35.6. The Labute approximate surface area is 299 Å². The summed E-state index contributed by atoms with van der Waals surface area (Å²) >= 11 is 1.28. The van der Waals surface area contributed by atoms with Crippen LogP contribution in [-0.4, -0.2) is 35.5 Å². The van der Waals surface area contributed by atoms with E-state index in [2.05, 4.69) is 20.9 Å². The van der Waals surface area contributed by atoms with E-state index < -0.39 is 17.1 Å². The van der Waals surface area contributed by atoms with Gasteiger partial charge in [0.15, 0.2) is 0 Å². The monoisotopic (exact) mass is 695 g/mol. The van der Waals surface area contributed by atoms with Crippen molar-refractivity contribution in [3.05, 3.63) is 150 Å². The number of nitrogens with zero attached hydrogens (tertiary/aromatic N) is 3. The van der Waals surface area contributed by atoms with Crippen LogP contribution in [0.1, 0.15) is 29.3 Å². The SMILES string of the molecule is CCOc1ccc(C=C(NC(=O)c2ccccc2)C(=O)Nc2ccc(SC3CC(=O)N(c4ccc(N=Nc5ccccc5)cc4)C3=O)cc2)cc1. The van der Waals surface area contributed by atoms with E-state index in [-0.39, 0.29) is 23.9 Å². The van der Waals surface area contributed by atoms with Gasteiger partial charge in [-0.05, 0) is 103 Å². The Balaban J connectivity index is 1.10. The molecule has 10 nitrogen and oxygen atoms in total. The molecule has 1 saturated heterocycles. The van der Waals surface area contributed by atoms with E-state index in [0.29, 0.717) is 40.5 Å². The van der Waals surface area contributed by atoms with Crippen LogP contribution in [0, 0.1) is 0 Å². The summed E-state index contributed by atoms with van der Waals surface area (Å²) < 4.78 is 5.51. The van der Waals surface area contributed by atoms with Crippen LogP contribution < -0.4 is 20.3 Å². The standard InChI is InChI=1S/C40H33N5O5S/c1-2-50-33-21-13-27(14-22-33)25-35(42-38(47)28-9-5-3-6-10-28)39(48)41-29-17-23-34(24-18-29)51-36-26-37(46)45(40(36)49)32-19-15-31(16-20-32)44-43-30-11-7-4-8-12-30/h3-25,36H,2,26H2,1H3,(H,41,48)(H,42,47). The summed E-state index contributed by atoms with van der Waals surface area (Å²) in [6.45, 7) is 2.42. The molecule has 1 unspecified atom stereocenters. The molecule has 6 rings (SSSR count). The van der Waals surface area contributed by atoms with Gasteiger partial charge in [0.25, 0.3) is 11.8 Å². The summed E-state index contributed by atoms with van der Waals surface area (Å²) in [5.41, 5.74) is 3.42. The molecular formula is C40H33N5O5S. The van der Waals surface area contributed by atoms with Crippen LogP contribution in [0.25, 0.3) is 6.08 Å². The lowest BCUT2D eigenvalue weighted by Gasteiger charge is -2.15. The second kappa shape index (κ2) is 16.4. The van der Waals surface area contributed by atoms with Crippen LogP contribution in [-0.2, 0) is 14.4 Å². The van der Waals surface area contributed by atoms with Gasteiger partial charge in [-0.1, -0.05) is 48.5 Å². The van der Waals surface area contributed by atoms with Crippen molar-refractivity contribution in [2.24, 2.45) is 10.2 Å². The Morgan fingerprint density at radius 1 is 0.804 bits per heavy atom. The third-order valence-electron chi connectivity index (χ3n) is 7.67. The third-order valence-corrected chi connectivity index (χ3v) is 8.87. The van der Waals surface area contributed by atoms with Crippen LogP contribution in [0.4, 0.5) is 22.7 Å². The van der Waals surface area contributed by atoms with Gasteiger partial charge in [0.05, 0.1) is 28.9 Å². The van der Waals surface area contributed by atoms with E-state index in [9.17, 15) is 19.2 Å². The molecule has 1 atom stereocenters. The fraction of sp³-hybridized carbons (Fsp3) is 0.100. The van der Waals surface area contributed by atoms with Crippen molar-refractivity contribution in [2.45, 2.75) is 23.5 Å². The lowest BCUT2D eigenvalue weighted by Crippen LogP contribution is -2.31. The minimum absolute atomic E-state index is 0.0499. The second-order valence-corrected chi connectivity index (χ2v) is 12.6. The summed E-state index contributed by atoms with van der Waals surface area (Å²) in [6, 6.07) is 38.9.